The van der Waals surface area contributed by atoms with Crippen molar-refractivity contribution in [2.75, 3.05) is 40.9 Å². The van der Waals surface area contributed by atoms with Crippen molar-refractivity contribution in [2.24, 2.45) is 0 Å². The first-order chi connectivity index (χ1) is 42.0. The van der Waals surface area contributed by atoms with Crippen LogP contribution in [0.3, 0.4) is 0 Å². The highest BCUT2D eigenvalue weighted by Crippen LogP contribution is 2.38. The Balaban J connectivity index is 3.98. The molecule has 0 rings (SSSR count). The van der Waals surface area contributed by atoms with Gasteiger partial charge in [0.05, 0.1) is 39.9 Å². The number of amides is 1. The van der Waals surface area contributed by atoms with Gasteiger partial charge in [-0.15, -0.1) is 0 Å². The van der Waals surface area contributed by atoms with Gasteiger partial charge in [-0.05, 0) is 44.9 Å². The zero-order valence-corrected chi connectivity index (χ0v) is 59.4. The molecule has 9 heteroatoms. The standard InChI is InChI=1S/C77H151N2O6P/c1-6-8-10-12-14-16-18-20-22-24-26-28-30-32-34-35-36-37-38-39-40-41-42-43-44-45-47-49-51-53-55-57-59-61-63-65-67-69-71-77(81)78-75(74-85-86(82,83)84-73-72-79(3,4)5)76(80)70-68-66-64-62-60-58-56-54-52-50-48-46-33-31-29-27-25-23-21-19-17-15-13-11-9-7-2/h52,54,60,62,68,70,75-76,80H,6-51,53,55-59,61,63-67,69,71-74H2,1-5H3,(H-,78,81,82,83)/b54-52+,62-60+,70-68+. The summed E-state index contributed by atoms with van der Waals surface area (Å²) >= 11 is 0. The topological polar surface area (TPSA) is 108 Å². The van der Waals surface area contributed by atoms with E-state index in [1.807, 2.05) is 27.2 Å². The van der Waals surface area contributed by atoms with E-state index in [-0.39, 0.29) is 12.5 Å². The number of aliphatic hydroxyl groups is 1. The second kappa shape index (κ2) is 68.1. The molecule has 1 amide bonds. The molecule has 8 nitrogen and oxygen atoms in total. The summed E-state index contributed by atoms with van der Waals surface area (Å²) in [7, 11) is 1.25. The fourth-order valence-corrected chi connectivity index (χ4v) is 12.6. The molecule has 3 atom stereocenters. The third kappa shape index (κ3) is 70.2. The van der Waals surface area contributed by atoms with Crippen LogP contribution in [0.15, 0.2) is 36.5 Å². The first kappa shape index (κ1) is 84.7. The molecule has 86 heavy (non-hydrogen) atoms. The SMILES string of the molecule is CCCCCCCCCCCCCCCCCC/C=C/CC/C=C/CC/C=C/C(O)C(COP(=O)([O-])OCC[N+](C)(C)C)NC(=O)CCCCCCCCCCCCCCCCCCCCCCCCCCCCCCCCCCCCCCCC. The van der Waals surface area contributed by atoms with E-state index >= 15 is 0 Å². The minimum atomic E-state index is -4.62. The molecule has 0 saturated carbocycles. The van der Waals surface area contributed by atoms with Crippen molar-refractivity contribution >= 4 is 13.7 Å². The third-order valence-electron chi connectivity index (χ3n) is 17.8. The number of quaternary nitrogens is 1. The van der Waals surface area contributed by atoms with Crippen molar-refractivity contribution in [3.05, 3.63) is 36.5 Å². The van der Waals surface area contributed by atoms with Gasteiger partial charge in [-0.2, -0.15) is 0 Å². The Bertz CT molecular complexity index is 1500. The number of aliphatic hydroxyl groups excluding tert-OH is 1. The van der Waals surface area contributed by atoms with Gasteiger partial charge in [-0.1, -0.05) is 384 Å². The van der Waals surface area contributed by atoms with E-state index in [9.17, 15) is 19.4 Å². The Kier molecular flexibility index (Phi) is 67.1. The van der Waals surface area contributed by atoms with Crippen molar-refractivity contribution < 1.29 is 32.9 Å². The number of carbonyl (C=O) groups is 1. The number of rotatable bonds is 72. The molecule has 0 fully saturated rings. The normalized spacial score (nSPS) is 13.7. The minimum absolute atomic E-state index is 0.00701. The minimum Gasteiger partial charge on any atom is -0.756 e. The van der Waals surface area contributed by atoms with Gasteiger partial charge in [0.2, 0.25) is 5.91 Å². The van der Waals surface area contributed by atoms with Crippen molar-refractivity contribution in [2.45, 2.75) is 411 Å². The Morgan fingerprint density at radius 2 is 0.651 bits per heavy atom. The summed E-state index contributed by atoms with van der Waals surface area (Å²) in [6.45, 7) is 4.69. The molecule has 3 unspecified atom stereocenters. The highest BCUT2D eigenvalue weighted by Gasteiger charge is 2.23. The van der Waals surface area contributed by atoms with E-state index in [1.165, 1.54) is 334 Å². The number of phosphoric ester groups is 1. The molecule has 0 aliphatic rings. The number of phosphoric acid groups is 1. The van der Waals surface area contributed by atoms with Crippen LogP contribution in [0, 0.1) is 0 Å². The molecule has 510 valence electrons. The zero-order valence-electron chi connectivity index (χ0n) is 58.5. The van der Waals surface area contributed by atoms with Crippen LogP contribution >= 0.6 is 7.82 Å². The van der Waals surface area contributed by atoms with Crippen LogP contribution in [0.1, 0.15) is 399 Å². The molecule has 0 saturated heterocycles. The van der Waals surface area contributed by atoms with Gasteiger partial charge in [-0.25, -0.2) is 0 Å². The lowest BCUT2D eigenvalue weighted by molar-refractivity contribution is -0.870. The number of carbonyl (C=O) groups excluding carboxylic acids is 1. The number of unbranched alkanes of at least 4 members (excludes halogenated alkanes) is 55. The van der Waals surface area contributed by atoms with Crippen molar-refractivity contribution in [3.63, 3.8) is 0 Å². The molecule has 0 bridgehead atoms. The number of likely N-dealkylation sites (N-methyl/N-ethyl adjacent to an activating group) is 1. The second-order valence-corrected chi connectivity index (χ2v) is 29.1. The van der Waals surface area contributed by atoms with Crippen LogP contribution < -0.4 is 10.2 Å². The number of hydrogen-bond donors (Lipinski definition) is 2. The van der Waals surface area contributed by atoms with E-state index in [0.29, 0.717) is 17.4 Å². The van der Waals surface area contributed by atoms with Gasteiger partial charge in [0, 0.05) is 6.42 Å². The zero-order chi connectivity index (χ0) is 62.6. The van der Waals surface area contributed by atoms with Crippen LogP contribution in [0.5, 0.6) is 0 Å². The molecule has 0 radical (unpaired) electrons. The summed E-state index contributed by atoms with van der Waals surface area (Å²) in [6.07, 6.45) is 91.7. The van der Waals surface area contributed by atoms with E-state index < -0.39 is 26.6 Å². The first-order valence-corrected chi connectivity index (χ1v) is 39.8. The average Bonchev–Trinajstić information content (AvgIpc) is 3.70. The van der Waals surface area contributed by atoms with E-state index in [0.717, 1.165) is 44.9 Å². The van der Waals surface area contributed by atoms with Crippen molar-refractivity contribution in [3.8, 4) is 0 Å². The number of allylic oxidation sites excluding steroid dienone is 5. The Morgan fingerprint density at radius 1 is 0.395 bits per heavy atom. The lowest BCUT2D eigenvalue weighted by Gasteiger charge is -2.29. The predicted octanol–water partition coefficient (Wildman–Crippen LogP) is 24.2. The maximum absolute atomic E-state index is 13.0. The van der Waals surface area contributed by atoms with Gasteiger partial charge in [0.15, 0.2) is 0 Å². The second-order valence-electron chi connectivity index (χ2n) is 27.7. The quantitative estimate of drug-likeness (QED) is 0.0272. The molecule has 0 aromatic heterocycles. The van der Waals surface area contributed by atoms with Crippen LogP contribution in [0.4, 0.5) is 0 Å². The van der Waals surface area contributed by atoms with E-state index in [4.69, 9.17) is 9.05 Å². The van der Waals surface area contributed by atoms with Gasteiger partial charge in [0.1, 0.15) is 13.2 Å². The summed E-state index contributed by atoms with van der Waals surface area (Å²) < 4.78 is 23.5. The fourth-order valence-electron chi connectivity index (χ4n) is 11.9. The van der Waals surface area contributed by atoms with Crippen LogP contribution in [-0.2, 0) is 18.4 Å². The van der Waals surface area contributed by atoms with Crippen molar-refractivity contribution in [1.82, 2.24) is 5.32 Å². The van der Waals surface area contributed by atoms with E-state index in [1.54, 1.807) is 6.08 Å². The molecule has 2 N–H and O–H groups in total. The highest BCUT2D eigenvalue weighted by molar-refractivity contribution is 7.45. The van der Waals surface area contributed by atoms with Crippen molar-refractivity contribution in [1.29, 1.82) is 0 Å². The summed E-state index contributed by atoms with van der Waals surface area (Å²) in [6, 6.07) is -0.910. The molecular weight excluding hydrogens is 1080 g/mol. The largest absolute Gasteiger partial charge is 0.756 e. The smallest absolute Gasteiger partial charge is 0.268 e. The molecule has 0 aromatic rings. The molecule has 0 aliphatic carbocycles. The number of nitrogens with one attached hydrogen (secondary N) is 1. The maximum Gasteiger partial charge on any atom is 0.268 e. The molecule has 0 heterocycles. The maximum atomic E-state index is 13.0. The summed E-state index contributed by atoms with van der Waals surface area (Å²) in [5, 5.41) is 14.0. The lowest BCUT2D eigenvalue weighted by Crippen LogP contribution is -2.45. The predicted molar refractivity (Wildman–Crippen MR) is 376 cm³/mol. The van der Waals surface area contributed by atoms with E-state index in [2.05, 4.69) is 43.5 Å². The van der Waals surface area contributed by atoms with Gasteiger partial charge < -0.3 is 28.8 Å². The molecular formula is C77H151N2O6P. The monoisotopic (exact) mass is 1230 g/mol. The number of hydrogen-bond acceptors (Lipinski definition) is 6. The Labute approximate surface area is 537 Å². The lowest BCUT2D eigenvalue weighted by atomic mass is 10.0. The van der Waals surface area contributed by atoms with Gasteiger partial charge >= 0.3 is 0 Å². The molecule has 0 spiro atoms. The van der Waals surface area contributed by atoms with Crippen LogP contribution in [0.2, 0.25) is 0 Å². The van der Waals surface area contributed by atoms with Crippen LogP contribution in [-0.4, -0.2) is 68.5 Å². The summed E-state index contributed by atoms with van der Waals surface area (Å²) in [5.74, 6) is -0.203. The highest BCUT2D eigenvalue weighted by atomic mass is 31.2. The first-order valence-electron chi connectivity index (χ1n) is 38.4. The summed E-state index contributed by atoms with van der Waals surface area (Å²) in [5.41, 5.74) is 0. The Hall–Kier alpha value is -1.28. The third-order valence-corrected chi connectivity index (χ3v) is 18.8. The fraction of sp³-hybridized carbons (Fsp3) is 0.909. The van der Waals surface area contributed by atoms with Gasteiger partial charge in [0.25, 0.3) is 7.82 Å². The number of nitrogens with zero attached hydrogens (tertiary/aromatic N) is 1. The Morgan fingerprint density at radius 3 is 0.942 bits per heavy atom. The van der Waals surface area contributed by atoms with Gasteiger partial charge in [-0.3, -0.25) is 9.36 Å². The average molecular weight is 1230 g/mol. The molecule has 0 aliphatic heterocycles. The molecule has 0 aromatic carbocycles. The summed E-state index contributed by atoms with van der Waals surface area (Å²) in [4.78, 5) is 25.7. The van der Waals surface area contributed by atoms with Crippen LogP contribution in [0.25, 0.3) is 0 Å².